The van der Waals surface area contributed by atoms with Gasteiger partial charge in [-0.25, -0.2) is 4.39 Å². The number of amides is 1. The third-order valence-electron chi connectivity index (χ3n) is 3.17. The van der Waals surface area contributed by atoms with Crippen LogP contribution in [0, 0.1) is 11.7 Å². The highest BCUT2D eigenvalue weighted by Gasteiger charge is 2.23. The number of benzene rings is 1. The second-order valence-electron chi connectivity index (χ2n) is 4.45. The van der Waals surface area contributed by atoms with E-state index >= 15 is 0 Å². The SMILES string of the molecule is CC(=O)N1CCC(Cc2ccc(F)cc2)C1. The molecule has 0 saturated carbocycles. The summed E-state index contributed by atoms with van der Waals surface area (Å²) >= 11 is 0. The van der Waals surface area contributed by atoms with E-state index in [9.17, 15) is 9.18 Å². The van der Waals surface area contributed by atoms with Crippen LogP contribution >= 0.6 is 0 Å². The molecule has 2 rings (SSSR count). The van der Waals surface area contributed by atoms with Gasteiger partial charge >= 0.3 is 0 Å². The van der Waals surface area contributed by atoms with E-state index in [1.807, 2.05) is 17.0 Å². The first-order chi connectivity index (χ1) is 7.65. The summed E-state index contributed by atoms with van der Waals surface area (Å²) in [5, 5.41) is 0. The lowest BCUT2D eigenvalue weighted by Gasteiger charge is -2.13. The molecular weight excluding hydrogens is 205 g/mol. The molecule has 1 aromatic carbocycles. The van der Waals surface area contributed by atoms with Gasteiger partial charge < -0.3 is 4.90 Å². The maximum absolute atomic E-state index is 12.7. The number of carbonyl (C=O) groups is 1. The molecule has 1 fully saturated rings. The highest BCUT2D eigenvalue weighted by atomic mass is 19.1. The van der Waals surface area contributed by atoms with Gasteiger partial charge in [-0.15, -0.1) is 0 Å². The second-order valence-corrected chi connectivity index (χ2v) is 4.45. The van der Waals surface area contributed by atoms with E-state index in [1.54, 1.807) is 6.92 Å². The first-order valence-corrected chi connectivity index (χ1v) is 5.65. The monoisotopic (exact) mass is 221 g/mol. The third kappa shape index (κ3) is 2.60. The highest BCUT2D eigenvalue weighted by Crippen LogP contribution is 2.20. The Balaban J connectivity index is 1.92. The van der Waals surface area contributed by atoms with E-state index in [4.69, 9.17) is 0 Å². The van der Waals surface area contributed by atoms with E-state index in [0.29, 0.717) is 5.92 Å². The van der Waals surface area contributed by atoms with E-state index in [-0.39, 0.29) is 11.7 Å². The Morgan fingerprint density at radius 2 is 2.12 bits per heavy atom. The van der Waals surface area contributed by atoms with E-state index in [0.717, 1.165) is 31.5 Å². The van der Waals surface area contributed by atoms with Crippen LogP contribution in [0.2, 0.25) is 0 Å². The number of hydrogen-bond acceptors (Lipinski definition) is 1. The molecule has 1 aliphatic rings. The van der Waals surface area contributed by atoms with E-state index in [2.05, 4.69) is 0 Å². The molecule has 0 aliphatic carbocycles. The van der Waals surface area contributed by atoms with Crippen LogP contribution in [0.1, 0.15) is 18.9 Å². The molecular formula is C13H16FNO. The fraction of sp³-hybridized carbons (Fsp3) is 0.462. The van der Waals surface area contributed by atoms with Crippen molar-refractivity contribution in [2.24, 2.45) is 5.92 Å². The Morgan fingerprint density at radius 1 is 1.44 bits per heavy atom. The van der Waals surface area contributed by atoms with Crippen LogP contribution in [0.4, 0.5) is 4.39 Å². The Hall–Kier alpha value is -1.38. The fourth-order valence-electron chi connectivity index (χ4n) is 2.24. The van der Waals surface area contributed by atoms with Crippen molar-refractivity contribution >= 4 is 5.91 Å². The lowest BCUT2D eigenvalue weighted by molar-refractivity contribution is -0.127. The summed E-state index contributed by atoms with van der Waals surface area (Å²) in [6.45, 7) is 3.31. The second kappa shape index (κ2) is 4.64. The molecule has 1 amide bonds. The minimum atomic E-state index is -0.194. The van der Waals surface area contributed by atoms with Gasteiger partial charge in [0.25, 0.3) is 0 Å². The van der Waals surface area contributed by atoms with E-state index < -0.39 is 0 Å². The van der Waals surface area contributed by atoms with Crippen LogP contribution in [0.25, 0.3) is 0 Å². The number of nitrogens with zero attached hydrogens (tertiary/aromatic N) is 1. The molecule has 0 bridgehead atoms. The summed E-state index contributed by atoms with van der Waals surface area (Å²) in [6, 6.07) is 6.64. The van der Waals surface area contributed by atoms with E-state index in [1.165, 1.54) is 12.1 Å². The summed E-state index contributed by atoms with van der Waals surface area (Å²) < 4.78 is 12.7. The summed E-state index contributed by atoms with van der Waals surface area (Å²) in [5.74, 6) is 0.483. The topological polar surface area (TPSA) is 20.3 Å². The quantitative estimate of drug-likeness (QED) is 0.750. The zero-order chi connectivity index (χ0) is 11.5. The number of carbonyl (C=O) groups excluding carboxylic acids is 1. The lowest BCUT2D eigenvalue weighted by atomic mass is 9.99. The smallest absolute Gasteiger partial charge is 0.219 e. The molecule has 0 N–H and O–H groups in total. The van der Waals surface area contributed by atoms with Crippen LogP contribution in [0.3, 0.4) is 0 Å². The maximum atomic E-state index is 12.7. The highest BCUT2D eigenvalue weighted by molar-refractivity contribution is 5.73. The molecule has 0 radical (unpaired) electrons. The van der Waals surface area contributed by atoms with Crippen molar-refractivity contribution in [1.82, 2.24) is 4.90 Å². The molecule has 1 heterocycles. The molecule has 16 heavy (non-hydrogen) atoms. The zero-order valence-electron chi connectivity index (χ0n) is 9.45. The first-order valence-electron chi connectivity index (χ1n) is 5.65. The van der Waals surface area contributed by atoms with Gasteiger partial charge in [0.1, 0.15) is 5.82 Å². The molecule has 0 spiro atoms. The summed E-state index contributed by atoms with van der Waals surface area (Å²) in [5.41, 5.74) is 1.15. The summed E-state index contributed by atoms with van der Waals surface area (Å²) in [4.78, 5) is 13.0. The number of likely N-dealkylation sites (tertiary alicyclic amines) is 1. The van der Waals surface area contributed by atoms with Crippen molar-refractivity contribution in [2.75, 3.05) is 13.1 Å². The normalized spacial score (nSPS) is 20.1. The van der Waals surface area contributed by atoms with Crippen LogP contribution in [0.5, 0.6) is 0 Å². The largest absolute Gasteiger partial charge is 0.343 e. The van der Waals surface area contributed by atoms with Gasteiger partial charge in [0.15, 0.2) is 0 Å². The predicted octanol–water partition coefficient (Wildman–Crippen LogP) is 2.24. The Kier molecular flexibility index (Phi) is 3.22. The molecule has 2 nitrogen and oxygen atoms in total. The Labute approximate surface area is 95.1 Å². The third-order valence-corrected chi connectivity index (χ3v) is 3.17. The van der Waals surface area contributed by atoms with Gasteiger partial charge in [-0.05, 0) is 36.5 Å². The minimum absolute atomic E-state index is 0.154. The molecule has 0 aromatic heterocycles. The molecule has 1 unspecified atom stereocenters. The molecule has 1 aliphatic heterocycles. The van der Waals surface area contributed by atoms with Crippen LogP contribution in [-0.2, 0) is 11.2 Å². The molecule has 3 heteroatoms. The van der Waals surface area contributed by atoms with Crippen molar-refractivity contribution in [2.45, 2.75) is 19.8 Å². The molecule has 1 atom stereocenters. The number of rotatable bonds is 2. The van der Waals surface area contributed by atoms with Gasteiger partial charge in [0, 0.05) is 20.0 Å². The van der Waals surface area contributed by atoms with Crippen molar-refractivity contribution < 1.29 is 9.18 Å². The predicted molar refractivity (Wildman–Crippen MR) is 60.5 cm³/mol. The fourth-order valence-corrected chi connectivity index (χ4v) is 2.24. The standard InChI is InChI=1S/C13H16FNO/c1-10(16)15-7-6-12(9-15)8-11-2-4-13(14)5-3-11/h2-5,12H,6-9H2,1H3. The van der Waals surface area contributed by atoms with Gasteiger partial charge in [0.05, 0.1) is 0 Å². The zero-order valence-corrected chi connectivity index (χ0v) is 9.45. The van der Waals surface area contributed by atoms with Crippen molar-refractivity contribution in [3.8, 4) is 0 Å². The van der Waals surface area contributed by atoms with Gasteiger partial charge in [-0.1, -0.05) is 12.1 Å². The number of halogens is 1. The average Bonchev–Trinajstić information content (AvgIpc) is 2.70. The summed E-state index contributed by atoms with van der Waals surface area (Å²) in [6.07, 6.45) is 1.99. The van der Waals surface area contributed by atoms with Crippen molar-refractivity contribution in [3.05, 3.63) is 35.6 Å². The number of hydrogen-bond donors (Lipinski definition) is 0. The molecule has 1 aromatic rings. The Bertz CT molecular complexity index is 374. The van der Waals surface area contributed by atoms with Crippen LogP contribution < -0.4 is 0 Å². The van der Waals surface area contributed by atoms with Gasteiger partial charge in [-0.2, -0.15) is 0 Å². The maximum Gasteiger partial charge on any atom is 0.219 e. The van der Waals surface area contributed by atoms with Crippen molar-refractivity contribution in [1.29, 1.82) is 0 Å². The molecule has 86 valence electrons. The van der Waals surface area contributed by atoms with Gasteiger partial charge in [0.2, 0.25) is 5.91 Å². The van der Waals surface area contributed by atoms with Gasteiger partial charge in [-0.3, -0.25) is 4.79 Å². The summed E-state index contributed by atoms with van der Waals surface area (Å²) in [7, 11) is 0. The first kappa shape index (κ1) is 11.1. The lowest BCUT2D eigenvalue weighted by Crippen LogP contribution is -2.26. The van der Waals surface area contributed by atoms with Crippen LogP contribution in [-0.4, -0.2) is 23.9 Å². The Morgan fingerprint density at radius 3 is 2.69 bits per heavy atom. The average molecular weight is 221 g/mol. The minimum Gasteiger partial charge on any atom is -0.343 e. The van der Waals surface area contributed by atoms with Crippen molar-refractivity contribution in [3.63, 3.8) is 0 Å². The van der Waals surface area contributed by atoms with Crippen LogP contribution in [0.15, 0.2) is 24.3 Å². The molecule has 1 saturated heterocycles.